The number of carboxylic acid groups (broad SMARTS) is 1. The average Bonchev–Trinajstić information content (AvgIpc) is 2.52. The lowest BCUT2D eigenvalue weighted by atomic mass is 9.68. The molecule has 1 aliphatic carbocycles. The van der Waals surface area contributed by atoms with Gasteiger partial charge in [-0.15, -0.1) is 0 Å². The van der Waals surface area contributed by atoms with E-state index >= 15 is 0 Å². The second-order valence-corrected chi connectivity index (χ2v) is 8.74. The van der Waals surface area contributed by atoms with Gasteiger partial charge < -0.3 is 15.3 Å². The molecule has 1 saturated carbocycles. The first-order chi connectivity index (χ1) is 11.6. The Morgan fingerprint density at radius 3 is 2.28 bits per heavy atom. The van der Waals surface area contributed by atoms with E-state index in [1.807, 2.05) is 32.9 Å². The predicted octanol–water partition coefficient (Wildman–Crippen LogP) is 4.46. The van der Waals surface area contributed by atoms with Gasteiger partial charge in [-0.25, -0.2) is 0 Å². The van der Waals surface area contributed by atoms with E-state index < -0.39 is 11.9 Å². The minimum Gasteiger partial charge on any atom is -0.507 e. The fourth-order valence-corrected chi connectivity index (χ4v) is 4.05. The third kappa shape index (κ3) is 4.17. The molecule has 1 aromatic carbocycles. The SMILES string of the molecule is CC(C)(C)c1cc(C(CCO)C(=O)O)cc(C2(C)CCCCC2)c1O. The Morgan fingerprint density at radius 2 is 1.80 bits per heavy atom. The van der Waals surface area contributed by atoms with E-state index in [4.69, 9.17) is 0 Å². The van der Waals surface area contributed by atoms with Crippen molar-refractivity contribution in [2.75, 3.05) is 6.61 Å². The van der Waals surface area contributed by atoms with Crippen molar-refractivity contribution in [1.29, 1.82) is 0 Å². The van der Waals surface area contributed by atoms with Gasteiger partial charge in [0.2, 0.25) is 0 Å². The molecule has 1 unspecified atom stereocenters. The van der Waals surface area contributed by atoms with Crippen molar-refractivity contribution >= 4 is 5.97 Å². The monoisotopic (exact) mass is 348 g/mol. The van der Waals surface area contributed by atoms with Crippen LogP contribution in [0.15, 0.2) is 12.1 Å². The summed E-state index contributed by atoms with van der Waals surface area (Å²) in [6.45, 7) is 8.09. The molecule has 1 aromatic rings. The lowest BCUT2D eigenvalue weighted by Gasteiger charge is -2.37. The third-order valence-corrected chi connectivity index (χ3v) is 5.67. The number of hydrogen-bond donors (Lipinski definition) is 3. The Bertz CT molecular complexity index is 622. The van der Waals surface area contributed by atoms with Crippen LogP contribution in [0.5, 0.6) is 5.75 Å². The summed E-state index contributed by atoms with van der Waals surface area (Å²) in [7, 11) is 0. The molecule has 0 spiro atoms. The van der Waals surface area contributed by atoms with Gasteiger partial charge in [0, 0.05) is 12.2 Å². The molecule has 0 bridgehead atoms. The molecule has 3 N–H and O–H groups in total. The second kappa shape index (κ2) is 7.36. The number of benzene rings is 1. The van der Waals surface area contributed by atoms with Crippen molar-refractivity contribution in [3.63, 3.8) is 0 Å². The number of rotatable bonds is 5. The molecule has 0 aliphatic heterocycles. The molecule has 4 nitrogen and oxygen atoms in total. The second-order valence-electron chi connectivity index (χ2n) is 8.74. The highest BCUT2D eigenvalue weighted by Crippen LogP contribution is 2.47. The number of aromatic hydroxyl groups is 1. The highest BCUT2D eigenvalue weighted by molar-refractivity contribution is 5.76. The molecule has 0 aromatic heterocycles. The molecule has 1 aliphatic rings. The number of carbonyl (C=O) groups is 1. The van der Waals surface area contributed by atoms with Gasteiger partial charge in [0.25, 0.3) is 0 Å². The van der Waals surface area contributed by atoms with Crippen molar-refractivity contribution in [2.45, 2.75) is 83.0 Å². The van der Waals surface area contributed by atoms with Crippen LogP contribution < -0.4 is 0 Å². The van der Waals surface area contributed by atoms with Crippen LogP contribution in [0, 0.1) is 0 Å². The number of aliphatic hydroxyl groups excluding tert-OH is 1. The molecule has 4 heteroatoms. The number of hydrogen-bond acceptors (Lipinski definition) is 3. The fourth-order valence-electron chi connectivity index (χ4n) is 4.05. The summed E-state index contributed by atoms with van der Waals surface area (Å²) in [6, 6.07) is 3.70. The van der Waals surface area contributed by atoms with E-state index in [1.165, 1.54) is 6.42 Å². The summed E-state index contributed by atoms with van der Waals surface area (Å²) in [5.74, 6) is -1.37. The van der Waals surface area contributed by atoms with Crippen LogP contribution in [0.3, 0.4) is 0 Å². The van der Waals surface area contributed by atoms with Gasteiger partial charge in [-0.2, -0.15) is 0 Å². The summed E-state index contributed by atoms with van der Waals surface area (Å²) < 4.78 is 0. The molecule has 140 valence electrons. The molecule has 0 amide bonds. The average molecular weight is 348 g/mol. The summed E-state index contributed by atoms with van der Waals surface area (Å²) in [4.78, 5) is 11.7. The number of carboxylic acids is 1. The number of phenolic OH excluding ortho intramolecular Hbond substituents is 1. The molecule has 0 saturated heterocycles. The van der Waals surface area contributed by atoms with E-state index in [0.717, 1.165) is 36.8 Å². The lowest BCUT2D eigenvalue weighted by molar-refractivity contribution is -0.139. The Balaban J connectivity index is 2.65. The highest BCUT2D eigenvalue weighted by atomic mass is 16.4. The lowest BCUT2D eigenvalue weighted by Crippen LogP contribution is -2.27. The van der Waals surface area contributed by atoms with Gasteiger partial charge in [0.1, 0.15) is 5.75 Å². The van der Waals surface area contributed by atoms with Crippen LogP contribution in [0.25, 0.3) is 0 Å². The summed E-state index contributed by atoms with van der Waals surface area (Å²) in [6.07, 6.45) is 5.66. The van der Waals surface area contributed by atoms with Crippen molar-refractivity contribution in [2.24, 2.45) is 0 Å². The zero-order chi connectivity index (χ0) is 18.8. The van der Waals surface area contributed by atoms with Crippen LogP contribution >= 0.6 is 0 Å². The van der Waals surface area contributed by atoms with E-state index in [0.29, 0.717) is 11.3 Å². The Hall–Kier alpha value is -1.55. The van der Waals surface area contributed by atoms with Gasteiger partial charge in [0.05, 0.1) is 5.92 Å². The first-order valence-electron chi connectivity index (χ1n) is 9.31. The molecule has 0 radical (unpaired) electrons. The topological polar surface area (TPSA) is 77.8 Å². The maximum Gasteiger partial charge on any atom is 0.311 e. The fraction of sp³-hybridized carbons (Fsp3) is 0.667. The quantitative estimate of drug-likeness (QED) is 0.734. The van der Waals surface area contributed by atoms with Crippen LogP contribution in [-0.2, 0) is 15.6 Å². The minimum absolute atomic E-state index is 0.124. The van der Waals surface area contributed by atoms with Crippen molar-refractivity contribution < 1.29 is 20.1 Å². The third-order valence-electron chi connectivity index (χ3n) is 5.67. The smallest absolute Gasteiger partial charge is 0.311 e. The maximum atomic E-state index is 11.7. The van der Waals surface area contributed by atoms with Crippen LogP contribution in [0.1, 0.15) is 88.8 Å². The molecular formula is C21H32O4. The number of aliphatic hydroxyl groups is 1. The van der Waals surface area contributed by atoms with E-state index in [2.05, 4.69) is 6.92 Å². The first kappa shape index (κ1) is 19.8. The highest BCUT2D eigenvalue weighted by Gasteiger charge is 2.35. The van der Waals surface area contributed by atoms with Gasteiger partial charge in [-0.1, -0.05) is 59.1 Å². The predicted molar refractivity (Wildman–Crippen MR) is 99.3 cm³/mol. The van der Waals surface area contributed by atoms with Crippen molar-refractivity contribution in [1.82, 2.24) is 0 Å². The standard InChI is InChI=1S/C21H32O4/c1-20(2,3)16-12-14(15(8-11-22)19(24)25)13-17(18(16)23)21(4)9-6-5-7-10-21/h12-13,15,22-23H,5-11H2,1-4H3,(H,24,25). The van der Waals surface area contributed by atoms with Crippen LogP contribution in [0.2, 0.25) is 0 Å². The summed E-state index contributed by atoms with van der Waals surface area (Å²) >= 11 is 0. The minimum atomic E-state index is -0.931. The van der Waals surface area contributed by atoms with Crippen LogP contribution in [-0.4, -0.2) is 27.9 Å². The summed E-state index contributed by atoms with van der Waals surface area (Å²) in [5.41, 5.74) is 1.93. The van der Waals surface area contributed by atoms with Gasteiger partial charge in [0.15, 0.2) is 0 Å². The molecule has 1 atom stereocenters. The number of phenols is 1. The number of aliphatic carboxylic acids is 1. The maximum absolute atomic E-state index is 11.7. The Kier molecular flexibility index (Phi) is 5.82. The van der Waals surface area contributed by atoms with Gasteiger partial charge in [-0.05, 0) is 41.2 Å². The molecule has 0 heterocycles. The Labute approximate surface area is 150 Å². The van der Waals surface area contributed by atoms with Crippen LogP contribution in [0.4, 0.5) is 0 Å². The van der Waals surface area contributed by atoms with E-state index in [9.17, 15) is 20.1 Å². The van der Waals surface area contributed by atoms with E-state index in [-0.39, 0.29) is 23.9 Å². The molecule has 1 fully saturated rings. The van der Waals surface area contributed by atoms with Crippen molar-refractivity contribution in [3.8, 4) is 5.75 Å². The zero-order valence-corrected chi connectivity index (χ0v) is 15.9. The molecule has 25 heavy (non-hydrogen) atoms. The van der Waals surface area contributed by atoms with E-state index in [1.54, 1.807) is 0 Å². The normalized spacial score (nSPS) is 18.8. The molecular weight excluding hydrogens is 316 g/mol. The van der Waals surface area contributed by atoms with Crippen molar-refractivity contribution in [3.05, 3.63) is 28.8 Å². The summed E-state index contributed by atoms with van der Waals surface area (Å²) in [5, 5.41) is 29.9. The Morgan fingerprint density at radius 1 is 1.20 bits per heavy atom. The van der Waals surface area contributed by atoms with Gasteiger partial charge in [-0.3, -0.25) is 4.79 Å². The largest absolute Gasteiger partial charge is 0.507 e. The molecule has 2 rings (SSSR count). The first-order valence-corrected chi connectivity index (χ1v) is 9.31. The van der Waals surface area contributed by atoms with Gasteiger partial charge >= 0.3 is 5.97 Å². The zero-order valence-electron chi connectivity index (χ0n) is 15.9.